The van der Waals surface area contributed by atoms with Gasteiger partial charge in [0.2, 0.25) is 10.0 Å². The van der Waals surface area contributed by atoms with Crippen LogP contribution >= 0.6 is 11.3 Å². The van der Waals surface area contributed by atoms with Crippen molar-refractivity contribution in [2.75, 3.05) is 11.4 Å². The van der Waals surface area contributed by atoms with E-state index in [1.165, 1.54) is 17.4 Å². The standard InChI is InChI=1S/C14H14N2O3S2/c1-9-7-20-8-12(9)14(17)16-5-4-10-6-11(21(15,18)19)2-3-13(10)16/h2-3,6-8H,4-5H2,1H3,(H2,15,18,19). The maximum Gasteiger partial charge on any atom is 0.259 e. The molecule has 0 aliphatic carbocycles. The molecule has 0 unspecified atom stereocenters. The van der Waals surface area contributed by atoms with Crippen LogP contribution in [0.5, 0.6) is 0 Å². The largest absolute Gasteiger partial charge is 0.308 e. The van der Waals surface area contributed by atoms with Crippen molar-refractivity contribution in [2.24, 2.45) is 5.14 Å². The molecule has 0 radical (unpaired) electrons. The van der Waals surface area contributed by atoms with Gasteiger partial charge in [0.25, 0.3) is 5.91 Å². The van der Waals surface area contributed by atoms with Gasteiger partial charge in [-0.3, -0.25) is 4.79 Å². The fraction of sp³-hybridized carbons (Fsp3) is 0.214. The number of amides is 1. The van der Waals surface area contributed by atoms with Gasteiger partial charge in [0.1, 0.15) is 0 Å². The molecule has 0 bridgehead atoms. The SMILES string of the molecule is Cc1cscc1C(=O)N1CCc2cc(S(N)(=O)=O)ccc21. The highest BCUT2D eigenvalue weighted by Crippen LogP contribution is 2.32. The first kappa shape index (κ1) is 14.2. The van der Waals surface area contributed by atoms with E-state index >= 15 is 0 Å². The number of aryl methyl sites for hydroxylation is 1. The average molecular weight is 322 g/mol. The van der Waals surface area contributed by atoms with E-state index in [0.29, 0.717) is 18.5 Å². The Bertz CT molecular complexity index is 824. The number of hydrogen-bond acceptors (Lipinski definition) is 4. The highest BCUT2D eigenvalue weighted by Gasteiger charge is 2.27. The fourth-order valence-corrected chi connectivity index (χ4v) is 3.88. The molecule has 1 aromatic carbocycles. The third-order valence-corrected chi connectivity index (χ3v) is 5.38. The Kier molecular flexibility index (Phi) is 3.35. The second kappa shape index (κ2) is 4.94. The van der Waals surface area contributed by atoms with Gasteiger partial charge in [-0.2, -0.15) is 11.3 Å². The van der Waals surface area contributed by atoms with Crippen molar-refractivity contribution in [3.8, 4) is 0 Å². The molecule has 0 saturated heterocycles. The minimum absolute atomic E-state index is 0.0455. The van der Waals surface area contributed by atoms with Crippen molar-refractivity contribution in [1.82, 2.24) is 0 Å². The number of rotatable bonds is 2. The molecule has 5 nitrogen and oxygen atoms in total. The van der Waals surface area contributed by atoms with Gasteiger partial charge >= 0.3 is 0 Å². The molecule has 3 rings (SSSR count). The number of primary sulfonamides is 1. The van der Waals surface area contributed by atoms with Gasteiger partial charge < -0.3 is 4.90 Å². The highest BCUT2D eigenvalue weighted by molar-refractivity contribution is 7.89. The van der Waals surface area contributed by atoms with Gasteiger partial charge in [0.05, 0.1) is 10.5 Å². The quantitative estimate of drug-likeness (QED) is 0.917. The van der Waals surface area contributed by atoms with Gasteiger partial charge in [-0.25, -0.2) is 13.6 Å². The Morgan fingerprint density at radius 3 is 2.71 bits per heavy atom. The van der Waals surface area contributed by atoms with Crippen molar-refractivity contribution in [3.63, 3.8) is 0 Å². The summed E-state index contributed by atoms with van der Waals surface area (Å²) in [7, 11) is -3.71. The monoisotopic (exact) mass is 322 g/mol. The fourth-order valence-electron chi connectivity index (χ4n) is 2.49. The number of nitrogens with two attached hydrogens (primary N) is 1. The Labute approximate surface area is 127 Å². The van der Waals surface area contributed by atoms with Crippen LogP contribution in [-0.4, -0.2) is 20.9 Å². The summed E-state index contributed by atoms with van der Waals surface area (Å²) in [4.78, 5) is 14.3. The second-order valence-electron chi connectivity index (χ2n) is 5.01. The van der Waals surface area contributed by atoms with Crippen LogP contribution in [0.2, 0.25) is 0 Å². The van der Waals surface area contributed by atoms with E-state index < -0.39 is 10.0 Å². The normalized spacial score (nSPS) is 14.3. The molecule has 2 N–H and O–H groups in total. The number of hydrogen-bond donors (Lipinski definition) is 1. The second-order valence-corrected chi connectivity index (χ2v) is 7.32. The van der Waals surface area contributed by atoms with Crippen LogP contribution in [0.25, 0.3) is 0 Å². The van der Waals surface area contributed by atoms with Crippen LogP contribution in [0.4, 0.5) is 5.69 Å². The number of nitrogens with zero attached hydrogens (tertiary/aromatic N) is 1. The van der Waals surface area contributed by atoms with Crippen LogP contribution < -0.4 is 10.0 Å². The number of fused-ring (bicyclic) bond motifs is 1. The molecule has 1 aromatic heterocycles. The van der Waals surface area contributed by atoms with E-state index in [4.69, 9.17) is 5.14 Å². The van der Waals surface area contributed by atoms with Gasteiger partial charge in [-0.1, -0.05) is 0 Å². The first-order valence-corrected chi connectivity index (χ1v) is 8.87. The molecule has 2 heterocycles. The van der Waals surface area contributed by atoms with E-state index in [1.54, 1.807) is 17.0 Å². The molecule has 0 atom stereocenters. The van der Waals surface area contributed by atoms with Crippen LogP contribution in [0.15, 0.2) is 33.9 Å². The van der Waals surface area contributed by atoms with E-state index in [-0.39, 0.29) is 10.8 Å². The number of carbonyl (C=O) groups is 1. The van der Waals surface area contributed by atoms with Gasteiger partial charge in [0, 0.05) is 17.6 Å². The number of carbonyl (C=O) groups excluding carboxylic acids is 1. The summed E-state index contributed by atoms with van der Waals surface area (Å²) < 4.78 is 22.8. The Morgan fingerprint density at radius 2 is 2.10 bits per heavy atom. The average Bonchev–Trinajstić information content (AvgIpc) is 3.02. The van der Waals surface area contributed by atoms with Crippen LogP contribution in [0, 0.1) is 6.92 Å². The number of sulfonamides is 1. The minimum Gasteiger partial charge on any atom is -0.308 e. The molecule has 0 spiro atoms. The lowest BCUT2D eigenvalue weighted by Gasteiger charge is -2.17. The van der Waals surface area contributed by atoms with Crippen LogP contribution in [0.3, 0.4) is 0 Å². The Balaban J connectivity index is 1.98. The molecule has 0 saturated carbocycles. The molecule has 7 heteroatoms. The van der Waals surface area contributed by atoms with E-state index in [1.807, 2.05) is 17.7 Å². The van der Waals surface area contributed by atoms with Crippen LogP contribution in [-0.2, 0) is 16.4 Å². The Morgan fingerprint density at radius 1 is 1.33 bits per heavy atom. The highest BCUT2D eigenvalue weighted by atomic mass is 32.2. The smallest absolute Gasteiger partial charge is 0.259 e. The van der Waals surface area contributed by atoms with E-state index in [0.717, 1.165) is 16.8 Å². The summed E-state index contributed by atoms with van der Waals surface area (Å²) in [5, 5.41) is 8.92. The van der Waals surface area contributed by atoms with Gasteiger partial charge in [-0.15, -0.1) is 0 Å². The molecular formula is C14H14N2O3S2. The summed E-state index contributed by atoms with van der Waals surface area (Å²) in [5.41, 5.74) is 3.25. The lowest BCUT2D eigenvalue weighted by molar-refractivity contribution is 0.0989. The van der Waals surface area contributed by atoms with Crippen molar-refractivity contribution >= 4 is 33.0 Å². The van der Waals surface area contributed by atoms with Crippen molar-refractivity contribution in [3.05, 3.63) is 45.6 Å². The molecule has 21 heavy (non-hydrogen) atoms. The number of anilines is 1. The zero-order valence-corrected chi connectivity index (χ0v) is 13.0. The lowest BCUT2D eigenvalue weighted by Crippen LogP contribution is -2.29. The van der Waals surface area contributed by atoms with E-state index in [2.05, 4.69) is 0 Å². The summed E-state index contributed by atoms with van der Waals surface area (Å²) in [6.45, 7) is 2.46. The van der Waals surface area contributed by atoms with Crippen molar-refractivity contribution < 1.29 is 13.2 Å². The summed E-state index contributed by atoms with van der Waals surface area (Å²) in [6.07, 6.45) is 0.633. The maximum absolute atomic E-state index is 12.6. The predicted octanol–water partition coefficient (Wildman–Crippen LogP) is 1.91. The minimum atomic E-state index is -3.71. The molecule has 1 aliphatic heterocycles. The first-order chi connectivity index (χ1) is 9.88. The summed E-state index contributed by atoms with van der Waals surface area (Å²) in [6, 6.07) is 4.65. The third kappa shape index (κ3) is 2.48. The van der Waals surface area contributed by atoms with E-state index in [9.17, 15) is 13.2 Å². The first-order valence-electron chi connectivity index (χ1n) is 6.38. The predicted molar refractivity (Wildman–Crippen MR) is 82.3 cm³/mol. The molecule has 1 amide bonds. The zero-order valence-electron chi connectivity index (χ0n) is 11.4. The summed E-state index contributed by atoms with van der Waals surface area (Å²) >= 11 is 1.50. The molecule has 2 aromatic rings. The molecule has 110 valence electrons. The molecule has 1 aliphatic rings. The number of benzene rings is 1. The van der Waals surface area contributed by atoms with Crippen molar-refractivity contribution in [2.45, 2.75) is 18.2 Å². The zero-order chi connectivity index (χ0) is 15.2. The van der Waals surface area contributed by atoms with Crippen molar-refractivity contribution in [1.29, 1.82) is 0 Å². The van der Waals surface area contributed by atoms with Gasteiger partial charge in [-0.05, 0) is 48.1 Å². The topological polar surface area (TPSA) is 80.5 Å². The maximum atomic E-state index is 12.6. The van der Waals surface area contributed by atoms with Gasteiger partial charge in [0.15, 0.2) is 0 Å². The van der Waals surface area contributed by atoms with Crippen LogP contribution in [0.1, 0.15) is 21.5 Å². The number of thiophene rings is 1. The summed E-state index contributed by atoms with van der Waals surface area (Å²) in [5.74, 6) is -0.0455. The Hall–Kier alpha value is -1.70. The third-order valence-electron chi connectivity index (χ3n) is 3.61. The molecular weight excluding hydrogens is 308 g/mol. The molecule has 0 fully saturated rings. The lowest BCUT2D eigenvalue weighted by atomic mass is 10.1.